The number of aromatic nitrogens is 2. The molecule has 0 aliphatic heterocycles. The Hall–Kier alpha value is -4.46. The van der Waals surface area contributed by atoms with Crippen molar-refractivity contribution in [3.8, 4) is 22.9 Å². The van der Waals surface area contributed by atoms with Crippen molar-refractivity contribution >= 4 is 23.1 Å². The van der Waals surface area contributed by atoms with Crippen molar-refractivity contribution in [1.29, 1.82) is 0 Å². The number of rotatable bonds is 9. The van der Waals surface area contributed by atoms with E-state index in [0.29, 0.717) is 29.1 Å². The minimum absolute atomic E-state index is 0.204. The fourth-order valence-electron chi connectivity index (χ4n) is 4.24. The second-order valence-electron chi connectivity index (χ2n) is 9.46. The quantitative estimate of drug-likeness (QED) is 0.204. The second kappa shape index (κ2) is 11.9. The van der Waals surface area contributed by atoms with Gasteiger partial charge in [0.1, 0.15) is 11.5 Å². The summed E-state index contributed by atoms with van der Waals surface area (Å²) in [5.74, 6) is 1.54. The molecule has 0 saturated carbocycles. The number of ether oxygens (including phenoxy) is 3. The zero-order valence-corrected chi connectivity index (χ0v) is 23.1. The van der Waals surface area contributed by atoms with Crippen LogP contribution in [0.25, 0.3) is 22.3 Å². The molecular formula is C31H33N3O5. The minimum Gasteiger partial charge on any atom is -0.496 e. The molecule has 0 fully saturated rings. The van der Waals surface area contributed by atoms with Crippen molar-refractivity contribution in [2.24, 2.45) is 5.10 Å². The fraction of sp³-hybridized carbons (Fsp3) is 0.290. The number of nitrogens with zero attached hydrogens (tertiary/aromatic N) is 3. The SMILES string of the molecule is CCOC(=O)[C@@H](C)Oc1ccc(C=Nn2c(-c3cc(C(C)C)c(OC)cc3C)nc3ccccc3c2=O)cc1. The van der Waals surface area contributed by atoms with E-state index in [1.165, 1.54) is 4.68 Å². The number of carbonyl (C=O) groups excluding carboxylic acids is 1. The lowest BCUT2D eigenvalue weighted by Crippen LogP contribution is -2.26. The molecule has 202 valence electrons. The van der Waals surface area contributed by atoms with Gasteiger partial charge < -0.3 is 14.2 Å². The molecule has 0 N–H and O–H groups in total. The fourth-order valence-corrected chi connectivity index (χ4v) is 4.24. The summed E-state index contributed by atoms with van der Waals surface area (Å²) in [6, 6.07) is 18.3. The minimum atomic E-state index is -0.724. The number of benzene rings is 3. The first-order valence-corrected chi connectivity index (χ1v) is 12.9. The van der Waals surface area contributed by atoms with E-state index in [2.05, 4.69) is 18.9 Å². The maximum absolute atomic E-state index is 13.6. The van der Waals surface area contributed by atoms with Crippen LogP contribution in [0.1, 0.15) is 50.3 Å². The average Bonchev–Trinajstić information content (AvgIpc) is 2.93. The van der Waals surface area contributed by atoms with Crippen LogP contribution in [-0.2, 0) is 9.53 Å². The summed E-state index contributed by atoms with van der Waals surface area (Å²) in [5, 5.41) is 5.05. The summed E-state index contributed by atoms with van der Waals surface area (Å²) >= 11 is 0. The van der Waals surface area contributed by atoms with Crippen LogP contribution in [0.15, 0.2) is 70.6 Å². The molecule has 4 aromatic rings. The molecule has 4 rings (SSSR count). The molecule has 0 radical (unpaired) electrons. The number of hydrogen-bond donors (Lipinski definition) is 0. The predicted octanol–water partition coefficient (Wildman–Crippen LogP) is 5.72. The van der Waals surface area contributed by atoms with E-state index in [0.717, 1.165) is 28.0 Å². The van der Waals surface area contributed by atoms with Crippen LogP contribution in [0.3, 0.4) is 0 Å². The van der Waals surface area contributed by atoms with Crippen LogP contribution in [0.2, 0.25) is 0 Å². The molecule has 0 bridgehead atoms. The highest BCUT2D eigenvalue weighted by atomic mass is 16.6. The van der Waals surface area contributed by atoms with Crippen LogP contribution in [0.5, 0.6) is 11.5 Å². The summed E-state index contributed by atoms with van der Waals surface area (Å²) in [6.45, 7) is 9.84. The third-order valence-corrected chi connectivity index (χ3v) is 6.33. The molecular weight excluding hydrogens is 494 g/mol. The van der Waals surface area contributed by atoms with Crippen LogP contribution in [0, 0.1) is 6.92 Å². The number of fused-ring (bicyclic) bond motifs is 1. The Labute approximate surface area is 227 Å². The Morgan fingerprint density at radius 3 is 2.46 bits per heavy atom. The van der Waals surface area contributed by atoms with E-state index < -0.39 is 12.1 Å². The van der Waals surface area contributed by atoms with Crippen LogP contribution in [0.4, 0.5) is 0 Å². The first kappa shape index (κ1) is 27.6. The largest absolute Gasteiger partial charge is 0.496 e. The normalized spacial score (nSPS) is 12.2. The van der Waals surface area contributed by atoms with Crippen LogP contribution < -0.4 is 15.0 Å². The van der Waals surface area contributed by atoms with Gasteiger partial charge in [0.05, 0.1) is 30.8 Å². The Morgan fingerprint density at radius 1 is 1.08 bits per heavy atom. The van der Waals surface area contributed by atoms with E-state index >= 15 is 0 Å². The zero-order valence-electron chi connectivity index (χ0n) is 23.1. The van der Waals surface area contributed by atoms with Gasteiger partial charge >= 0.3 is 5.97 Å². The molecule has 0 unspecified atom stereocenters. The molecule has 8 heteroatoms. The lowest BCUT2D eigenvalue weighted by Gasteiger charge is -2.17. The van der Waals surface area contributed by atoms with Gasteiger partial charge in [0.2, 0.25) is 0 Å². The van der Waals surface area contributed by atoms with Crippen molar-refractivity contribution in [2.45, 2.75) is 46.6 Å². The monoisotopic (exact) mass is 527 g/mol. The zero-order chi connectivity index (χ0) is 28.1. The van der Waals surface area contributed by atoms with Crippen molar-refractivity contribution in [3.63, 3.8) is 0 Å². The summed E-state index contributed by atoms with van der Waals surface area (Å²) in [4.78, 5) is 30.3. The van der Waals surface area contributed by atoms with Crippen molar-refractivity contribution in [2.75, 3.05) is 13.7 Å². The Bertz CT molecular complexity index is 1570. The highest BCUT2D eigenvalue weighted by Gasteiger charge is 2.19. The molecule has 0 amide bonds. The molecule has 3 aromatic carbocycles. The molecule has 0 saturated heterocycles. The predicted molar refractivity (Wildman–Crippen MR) is 153 cm³/mol. The Balaban J connectivity index is 1.76. The van der Waals surface area contributed by atoms with E-state index in [-0.39, 0.29) is 11.5 Å². The van der Waals surface area contributed by atoms with Gasteiger partial charge in [-0.2, -0.15) is 9.78 Å². The van der Waals surface area contributed by atoms with Gasteiger partial charge in [-0.15, -0.1) is 0 Å². The molecule has 0 aliphatic rings. The highest BCUT2D eigenvalue weighted by Crippen LogP contribution is 2.34. The summed E-state index contributed by atoms with van der Waals surface area (Å²) in [7, 11) is 1.66. The van der Waals surface area contributed by atoms with Gasteiger partial charge in [0.25, 0.3) is 5.56 Å². The average molecular weight is 528 g/mol. The van der Waals surface area contributed by atoms with E-state index in [9.17, 15) is 9.59 Å². The van der Waals surface area contributed by atoms with E-state index in [1.807, 2.05) is 37.3 Å². The lowest BCUT2D eigenvalue weighted by molar-refractivity contribution is -0.150. The van der Waals surface area contributed by atoms with E-state index in [1.54, 1.807) is 57.5 Å². The van der Waals surface area contributed by atoms with Crippen LogP contribution >= 0.6 is 0 Å². The number of hydrogen-bond acceptors (Lipinski definition) is 7. The molecule has 0 aliphatic carbocycles. The van der Waals surface area contributed by atoms with Gasteiger partial charge in [0.15, 0.2) is 11.9 Å². The van der Waals surface area contributed by atoms with Crippen molar-refractivity contribution in [1.82, 2.24) is 9.66 Å². The maximum Gasteiger partial charge on any atom is 0.347 e. The number of methoxy groups -OCH3 is 1. The first-order chi connectivity index (χ1) is 18.7. The molecule has 0 spiro atoms. The molecule has 1 atom stereocenters. The topological polar surface area (TPSA) is 92.0 Å². The Kier molecular flexibility index (Phi) is 8.44. The summed E-state index contributed by atoms with van der Waals surface area (Å²) < 4.78 is 17.6. The third-order valence-electron chi connectivity index (χ3n) is 6.33. The number of carbonyl (C=O) groups is 1. The van der Waals surface area contributed by atoms with Gasteiger partial charge in [-0.1, -0.05) is 26.0 Å². The van der Waals surface area contributed by atoms with Gasteiger partial charge in [0, 0.05) is 5.56 Å². The van der Waals surface area contributed by atoms with E-state index in [4.69, 9.17) is 19.2 Å². The first-order valence-electron chi connectivity index (χ1n) is 12.9. The smallest absolute Gasteiger partial charge is 0.347 e. The molecule has 1 aromatic heterocycles. The van der Waals surface area contributed by atoms with Crippen molar-refractivity contribution in [3.05, 3.63) is 87.7 Å². The second-order valence-corrected chi connectivity index (χ2v) is 9.46. The summed E-state index contributed by atoms with van der Waals surface area (Å²) in [6.07, 6.45) is 0.875. The lowest BCUT2D eigenvalue weighted by atomic mass is 9.96. The maximum atomic E-state index is 13.6. The molecule has 1 heterocycles. The molecule has 8 nitrogen and oxygen atoms in total. The highest BCUT2D eigenvalue weighted by molar-refractivity contribution is 5.82. The molecule has 39 heavy (non-hydrogen) atoms. The van der Waals surface area contributed by atoms with Crippen molar-refractivity contribution < 1.29 is 19.0 Å². The number of esters is 1. The third kappa shape index (κ3) is 6.00. The number of para-hydroxylation sites is 1. The summed E-state index contributed by atoms with van der Waals surface area (Å²) in [5.41, 5.74) is 3.81. The van der Waals surface area contributed by atoms with Crippen LogP contribution in [-0.4, -0.2) is 41.7 Å². The van der Waals surface area contributed by atoms with Gasteiger partial charge in [-0.25, -0.2) is 9.78 Å². The standard InChI is InChI=1S/C31H33N3O5/c1-7-38-31(36)21(5)39-23-14-12-22(13-15-23)18-32-34-29(33-27-11-9-8-10-24(27)30(34)35)26-17-25(19(2)3)28(37-6)16-20(26)4/h8-19,21H,7H2,1-6H3/t21-/m1/s1. The van der Waals surface area contributed by atoms with Gasteiger partial charge in [-0.3, -0.25) is 4.79 Å². The van der Waals surface area contributed by atoms with Gasteiger partial charge in [-0.05, 0) is 91.9 Å². The Morgan fingerprint density at radius 2 is 1.79 bits per heavy atom. The number of aryl methyl sites for hydroxylation is 1.